The lowest BCUT2D eigenvalue weighted by atomic mass is 9.87. The highest BCUT2D eigenvalue weighted by atomic mass is 35.5. The molecule has 0 radical (unpaired) electrons. The van der Waals surface area contributed by atoms with Crippen molar-refractivity contribution in [2.75, 3.05) is 39.8 Å². The molecule has 4 nitrogen and oxygen atoms in total. The zero-order valence-corrected chi connectivity index (χ0v) is 15.2. The van der Waals surface area contributed by atoms with Gasteiger partial charge in [0.05, 0.1) is 17.4 Å². The molecule has 1 aromatic heterocycles. The minimum absolute atomic E-state index is 0. The molecule has 0 bridgehead atoms. The first-order valence-electron chi connectivity index (χ1n) is 7.48. The van der Waals surface area contributed by atoms with E-state index in [1.165, 1.54) is 12.8 Å². The summed E-state index contributed by atoms with van der Waals surface area (Å²) in [5.74, 6) is 0.197. The fourth-order valence-corrected chi connectivity index (χ4v) is 4.52. The van der Waals surface area contributed by atoms with Gasteiger partial charge in [-0.3, -0.25) is 9.69 Å². The van der Waals surface area contributed by atoms with E-state index in [4.69, 9.17) is 11.6 Å². The largest absolute Gasteiger partial charge is 0.340 e. The second kappa shape index (κ2) is 7.49. The molecule has 2 fully saturated rings. The minimum atomic E-state index is 0. The highest BCUT2D eigenvalue weighted by Gasteiger charge is 2.40. The Kier molecular flexibility index (Phi) is 6.14. The second-order valence-corrected chi connectivity index (χ2v) is 8.14. The molecule has 1 N–H and O–H groups in total. The van der Waals surface area contributed by atoms with Crippen LogP contribution in [0.3, 0.4) is 0 Å². The van der Waals surface area contributed by atoms with Crippen LogP contribution in [0.1, 0.15) is 17.7 Å². The molecule has 1 atom stereocenters. The van der Waals surface area contributed by atoms with Crippen LogP contribution < -0.4 is 5.32 Å². The fourth-order valence-electron chi connectivity index (χ4n) is 3.38. The van der Waals surface area contributed by atoms with Crippen LogP contribution in [0.4, 0.5) is 0 Å². The number of amides is 1. The number of hydrogen-bond donors (Lipinski definition) is 1. The smallest absolute Gasteiger partial charge is 0.236 e. The van der Waals surface area contributed by atoms with Gasteiger partial charge in [0.15, 0.2) is 0 Å². The van der Waals surface area contributed by atoms with Gasteiger partial charge < -0.3 is 10.2 Å². The number of nitrogens with zero attached hydrogens (tertiary/aromatic N) is 2. The summed E-state index contributed by atoms with van der Waals surface area (Å²) >= 11 is 7.47. The zero-order chi connectivity index (χ0) is 14.9. The predicted molar refractivity (Wildman–Crippen MR) is 94.0 cm³/mol. The number of hydrogen-bond acceptors (Lipinski definition) is 4. The van der Waals surface area contributed by atoms with Gasteiger partial charge in [-0.15, -0.1) is 23.7 Å². The van der Waals surface area contributed by atoms with Gasteiger partial charge in [-0.1, -0.05) is 11.6 Å². The van der Waals surface area contributed by atoms with Crippen molar-refractivity contribution in [2.24, 2.45) is 5.41 Å². The summed E-state index contributed by atoms with van der Waals surface area (Å²) in [4.78, 5) is 17.6. The predicted octanol–water partition coefficient (Wildman–Crippen LogP) is 2.47. The molecule has 1 spiro atoms. The van der Waals surface area contributed by atoms with E-state index in [1.807, 2.05) is 19.2 Å². The number of likely N-dealkylation sites (N-methyl/N-ethyl adjacent to an activating group) is 1. The summed E-state index contributed by atoms with van der Waals surface area (Å²) in [5.41, 5.74) is 0.431. The average Bonchev–Trinajstić information content (AvgIpc) is 3.15. The summed E-state index contributed by atoms with van der Waals surface area (Å²) < 4.78 is 0.779. The Balaban J connectivity index is 0.00000176. The molecule has 2 aliphatic rings. The lowest BCUT2D eigenvalue weighted by molar-refractivity contribution is -0.131. The van der Waals surface area contributed by atoms with E-state index in [1.54, 1.807) is 16.2 Å². The molecule has 7 heteroatoms. The van der Waals surface area contributed by atoms with Gasteiger partial charge in [0.25, 0.3) is 0 Å². The van der Waals surface area contributed by atoms with Gasteiger partial charge in [-0.25, -0.2) is 0 Å². The normalized spacial score (nSPS) is 24.6. The lowest BCUT2D eigenvalue weighted by Gasteiger charge is -2.24. The van der Waals surface area contributed by atoms with Gasteiger partial charge in [0.2, 0.25) is 5.91 Å². The summed E-state index contributed by atoms with van der Waals surface area (Å²) in [5, 5.41) is 3.45. The van der Waals surface area contributed by atoms with Crippen LogP contribution in [0.5, 0.6) is 0 Å². The molecule has 124 valence electrons. The summed E-state index contributed by atoms with van der Waals surface area (Å²) in [7, 11) is 1.87. The van der Waals surface area contributed by atoms with Crippen LogP contribution >= 0.6 is 35.3 Å². The number of rotatable bonds is 4. The molecular formula is C15H23Cl2N3OS. The minimum Gasteiger partial charge on any atom is -0.340 e. The SMILES string of the molecule is CN(Cc1ccc(Cl)s1)C(=O)CN1CCC2(CCNC2)C1.Cl. The number of likely N-dealkylation sites (tertiary alicyclic amines) is 1. The van der Waals surface area contributed by atoms with Crippen molar-refractivity contribution >= 4 is 41.3 Å². The van der Waals surface area contributed by atoms with Gasteiger partial charge in [0.1, 0.15) is 0 Å². The summed E-state index contributed by atoms with van der Waals surface area (Å²) in [6.07, 6.45) is 2.47. The van der Waals surface area contributed by atoms with E-state index in [0.29, 0.717) is 18.5 Å². The van der Waals surface area contributed by atoms with E-state index in [0.717, 1.165) is 35.4 Å². The van der Waals surface area contributed by atoms with Crippen LogP contribution in [0, 0.1) is 5.41 Å². The molecule has 2 aliphatic heterocycles. The van der Waals surface area contributed by atoms with Crippen molar-refractivity contribution in [3.8, 4) is 0 Å². The Morgan fingerprint density at radius 2 is 2.32 bits per heavy atom. The molecule has 3 rings (SSSR count). The fraction of sp³-hybridized carbons (Fsp3) is 0.667. The van der Waals surface area contributed by atoms with E-state index < -0.39 is 0 Å². The first-order chi connectivity index (χ1) is 10.1. The quantitative estimate of drug-likeness (QED) is 0.892. The van der Waals surface area contributed by atoms with E-state index in [9.17, 15) is 4.79 Å². The second-order valence-electron chi connectivity index (χ2n) is 6.34. The van der Waals surface area contributed by atoms with E-state index in [-0.39, 0.29) is 18.3 Å². The van der Waals surface area contributed by atoms with Crippen molar-refractivity contribution in [3.63, 3.8) is 0 Å². The Labute approximate surface area is 147 Å². The maximum absolute atomic E-state index is 12.4. The van der Waals surface area contributed by atoms with Gasteiger partial charge in [0, 0.05) is 25.0 Å². The number of halogens is 2. The lowest BCUT2D eigenvalue weighted by Crippen LogP contribution is -2.38. The first-order valence-corrected chi connectivity index (χ1v) is 8.67. The molecule has 22 heavy (non-hydrogen) atoms. The van der Waals surface area contributed by atoms with Crippen LogP contribution in [0.2, 0.25) is 4.34 Å². The van der Waals surface area contributed by atoms with Crippen LogP contribution in [-0.4, -0.2) is 55.5 Å². The number of thiophene rings is 1. The highest BCUT2D eigenvalue weighted by Crippen LogP contribution is 2.35. The monoisotopic (exact) mass is 363 g/mol. The molecular weight excluding hydrogens is 341 g/mol. The molecule has 1 aromatic rings. The number of nitrogens with one attached hydrogen (secondary N) is 1. The number of carbonyl (C=O) groups excluding carboxylic acids is 1. The first kappa shape index (κ1) is 18.0. The molecule has 0 aromatic carbocycles. The van der Waals surface area contributed by atoms with Gasteiger partial charge in [-0.2, -0.15) is 0 Å². The standard InChI is InChI=1S/C15H22ClN3OS.ClH/c1-18(8-12-2-3-13(16)21-12)14(20)9-19-7-5-15(11-19)4-6-17-10-15;/h2-3,17H,4-11H2,1H3;1H. The van der Waals surface area contributed by atoms with E-state index in [2.05, 4.69) is 10.2 Å². The van der Waals surface area contributed by atoms with Crippen molar-refractivity contribution in [1.29, 1.82) is 0 Å². The Morgan fingerprint density at radius 1 is 1.50 bits per heavy atom. The van der Waals surface area contributed by atoms with Crippen LogP contribution in [0.25, 0.3) is 0 Å². The van der Waals surface area contributed by atoms with E-state index >= 15 is 0 Å². The molecule has 2 saturated heterocycles. The average molecular weight is 364 g/mol. The Bertz CT molecular complexity index is 517. The molecule has 1 unspecified atom stereocenters. The van der Waals surface area contributed by atoms with Crippen molar-refractivity contribution in [3.05, 3.63) is 21.3 Å². The molecule has 1 amide bonds. The third-order valence-corrected chi connectivity index (χ3v) is 5.87. The number of carbonyl (C=O) groups is 1. The molecule has 0 aliphatic carbocycles. The third-order valence-electron chi connectivity index (χ3n) is 4.66. The Morgan fingerprint density at radius 3 is 2.95 bits per heavy atom. The Hall–Kier alpha value is -0.330. The van der Waals surface area contributed by atoms with Crippen molar-refractivity contribution < 1.29 is 4.79 Å². The summed E-state index contributed by atoms with van der Waals surface area (Å²) in [6, 6.07) is 3.88. The van der Waals surface area contributed by atoms with Crippen molar-refractivity contribution in [1.82, 2.24) is 15.1 Å². The maximum atomic E-state index is 12.4. The topological polar surface area (TPSA) is 35.6 Å². The van der Waals surface area contributed by atoms with Crippen LogP contribution in [-0.2, 0) is 11.3 Å². The maximum Gasteiger partial charge on any atom is 0.236 e. The van der Waals surface area contributed by atoms with Crippen LogP contribution in [0.15, 0.2) is 12.1 Å². The van der Waals surface area contributed by atoms with Gasteiger partial charge >= 0.3 is 0 Å². The zero-order valence-electron chi connectivity index (χ0n) is 12.8. The molecule has 3 heterocycles. The molecule has 0 saturated carbocycles. The highest BCUT2D eigenvalue weighted by molar-refractivity contribution is 7.16. The van der Waals surface area contributed by atoms with Crippen molar-refractivity contribution in [2.45, 2.75) is 19.4 Å². The summed E-state index contributed by atoms with van der Waals surface area (Å²) in [6.45, 7) is 5.53. The van der Waals surface area contributed by atoms with Gasteiger partial charge in [-0.05, 0) is 43.5 Å². The third kappa shape index (κ3) is 4.15.